The van der Waals surface area contributed by atoms with Crippen LogP contribution in [0.2, 0.25) is 0 Å². The molecule has 0 nitrogen and oxygen atoms in total. The normalized spacial score (nSPS) is 21.4. The minimum atomic E-state index is 0.0494. The van der Waals surface area contributed by atoms with Crippen LogP contribution in [0.25, 0.3) is 0 Å². The van der Waals surface area contributed by atoms with Crippen LogP contribution in [0.15, 0.2) is 0 Å². The number of hydrogen-bond donors (Lipinski definition) is 2. The second-order valence-corrected chi connectivity index (χ2v) is 7.38. The maximum Gasteiger partial charge on any atom is 0.0217 e. The summed E-state index contributed by atoms with van der Waals surface area (Å²) in [4.78, 5) is 0. The molecular formula is C12H26S2. The van der Waals surface area contributed by atoms with Crippen molar-refractivity contribution < 1.29 is 0 Å². The van der Waals surface area contributed by atoms with Gasteiger partial charge in [-0.15, -0.1) is 0 Å². The Kier molecular flexibility index (Phi) is 5.41. The van der Waals surface area contributed by atoms with Gasteiger partial charge in [0.2, 0.25) is 0 Å². The van der Waals surface area contributed by atoms with Gasteiger partial charge in [-0.1, -0.05) is 34.6 Å². The van der Waals surface area contributed by atoms with Crippen LogP contribution in [0.1, 0.15) is 48.0 Å². The molecular weight excluding hydrogens is 208 g/mol. The molecule has 0 aromatic rings. The average Bonchev–Trinajstić information content (AvgIpc) is 2.00. The second-order valence-electron chi connectivity index (χ2n) is 6.05. The molecule has 0 heterocycles. The van der Waals surface area contributed by atoms with Crippen LogP contribution in [0.4, 0.5) is 0 Å². The van der Waals surface area contributed by atoms with E-state index in [0.717, 1.165) is 5.75 Å². The second kappa shape index (κ2) is 5.16. The summed E-state index contributed by atoms with van der Waals surface area (Å²) in [5.41, 5.74) is 0.411. The molecule has 0 saturated carbocycles. The Morgan fingerprint density at radius 2 is 1.50 bits per heavy atom. The first-order chi connectivity index (χ1) is 6.10. The third kappa shape index (κ3) is 4.97. The number of thiol groups is 2. The Morgan fingerprint density at radius 1 is 1.07 bits per heavy atom. The molecule has 0 spiro atoms. The van der Waals surface area contributed by atoms with E-state index in [1.54, 1.807) is 0 Å². The molecule has 0 rings (SSSR count). The van der Waals surface area contributed by atoms with Gasteiger partial charge in [-0.3, -0.25) is 0 Å². The summed E-state index contributed by atoms with van der Waals surface area (Å²) in [5, 5.41) is 0. The van der Waals surface area contributed by atoms with Gasteiger partial charge in [-0.05, 0) is 30.6 Å². The highest BCUT2D eigenvalue weighted by Gasteiger charge is 2.31. The summed E-state index contributed by atoms with van der Waals surface area (Å²) < 4.78 is 0.0494. The Hall–Kier alpha value is 0.700. The molecule has 3 atom stereocenters. The summed E-state index contributed by atoms with van der Waals surface area (Å²) in [6, 6.07) is 0. The molecule has 0 fully saturated rings. The van der Waals surface area contributed by atoms with E-state index in [9.17, 15) is 0 Å². The lowest BCUT2D eigenvalue weighted by Gasteiger charge is -2.36. The van der Waals surface area contributed by atoms with E-state index in [2.05, 4.69) is 54.2 Å². The summed E-state index contributed by atoms with van der Waals surface area (Å²) in [6.07, 6.45) is 1.25. The highest BCUT2D eigenvalue weighted by molar-refractivity contribution is 7.85. The standard InChI is InChI=1S/C12H26S2/c1-9(7-11(3,4)5)10(2)12(6,14)8-13/h9-10,13-14H,7-8H2,1-6H3. The van der Waals surface area contributed by atoms with Gasteiger partial charge < -0.3 is 0 Å². The highest BCUT2D eigenvalue weighted by Crippen LogP contribution is 2.37. The van der Waals surface area contributed by atoms with Crippen LogP contribution in [0.5, 0.6) is 0 Å². The summed E-state index contributed by atoms with van der Waals surface area (Å²) in [6.45, 7) is 13.7. The first kappa shape index (κ1) is 14.7. The molecule has 86 valence electrons. The lowest BCUT2D eigenvalue weighted by molar-refractivity contribution is 0.227. The van der Waals surface area contributed by atoms with Crippen molar-refractivity contribution >= 4 is 25.3 Å². The van der Waals surface area contributed by atoms with Crippen molar-refractivity contribution in [1.82, 2.24) is 0 Å². The summed E-state index contributed by atoms with van der Waals surface area (Å²) in [7, 11) is 0. The van der Waals surface area contributed by atoms with Gasteiger partial charge in [0.05, 0.1) is 0 Å². The fourth-order valence-electron chi connectivity index (χ4n) is 1.90. The molecule has 0 saturated heterocycles. The first-order valence-corrected chi connectivity index (χ1v) is 6.51. The zero-order chi connectivity index (χ0) is 11.6. The molecule has 0 amide bonds. The zero-order valence-corrected chi connectivity index (χ0v) is 12.3. The van der Waals surface area contributed by atoms with Crippen LogP contribution >= 0.6 is 25.3 Å². The molecule has 14 heavy (non-hydrogen) atoms. The van der Waals surface area contributed by atoms with Gasteiger partial charge in [-0.2, -0.15) is 25.3 Å². The Morgan fingerprint density at radius 3 is 1.79 bits per heavy atom. The molecule has 0 bridgehead atoms. The van der Waals surface area contributed by atoms with Crippen molar-refractivity contribution in [2.75, 3.05) is 5.75 Å². The van der Waals surface area contributed by atoms with Gasteiger partial charge in [0.1, 0.15) is 0 Å². The van der Waals surface area contributed by atoms with E-state index in [1.807, 2.05) is 0 Å². The molecule has 0 aromatic carbocycles. The van der Waals surface area contributed by atoms with E-state index in [-0.39, 0.29) is 4.75 Å². The van der Waals surface area contributed by atoms with E-state index in [1.165, 1.54) is 6.42 Å². The van der Waals surface area contributed by atoms with E-state index >= 15 is 0 Å². The molecule has 0 aliphatic carbocycles. The fraction of sp³-hybridized carbons (Fsp3) is 1.00. The molecule has 0 aliphatic rings. The maximum absolute atomic E-state index is 4.69. The molecule has 0 N–H and O–H groups in total. The Balaban J connectivity index is 4.33. The average molecular weight is 234 g/mol. The number of rotatable bonds is 4. The van der Waals surface area contributed by atoms with Crippen LogP contribution in [-0.2, 0) is 0 Å². The van der Waals surface area contributed by atoms with Gasteiger partial charge >= 0.3 is 0 Å². The zero-order valence-electron chi connectivity index (χ0n) is 10.5. The lowest BCUT2D eigenvalue weighted by Crippen LogP contribution is -2.34. The van der Waals surface area contributed by atoms with Crippen molar-refractivity contribution in [3.05, 3.63) is 0 Å². The predicted octanol–water partition coefficient (Wildman–Crippen LogP) is 4.31. The smallest absolute Gasteiger partial charge is 0.0217 e. The van der Waals surface area contributed by atoms with Crippen LogP contribution < -0.4 is 0 Å². The largest absolute Gasteiger partial charge is 0.178 e. The number of hydrogen-bond acceptors (Lipinski definition) is 2. The van der Waals surface area contributed by atoms with Crippen molar-refractivity contribution in [3.63, 3.8) is 0 Å². The Labute approximate surface area is 101 Å². The SMILES string of the molecule is CC(CC(C)(C)C)C(C)C(C)(S)CS. The fourth-order valence-corrected chi connectivity index (χ4v) is 2.44. The van der Waals surface area contributed by atoms with Crippen LogP contribution in [0, 0.1) is 17.3 Å². The molecule has 3 unspecified atom stereocenters. The topological polar surface area (TPSA) is 0 Å². The highest BCUT2D eigenvalue weighted by atomic mass is 32.1. The molecule has 0 aromatic heterocycles. The van der Waals surface area contributed by atoms with Crippen molar-refractivity contribution in [2.24, 2.45) is 17.3 Å². The maximum atomic E-state index is 4.69. The predicted molar refractivity (Wildman–Crippen MR) is 73.6 cm³/mol. The van der Waals surface area contributed by atoms with Gasteiger partial charge in [0, 0.05) is 10.5 Å². The quantitative estimate of drug-likeness (QED) is 0.665. The molecule has 2 heteroatoms. The minimum absolute atomic E-state index is 0.0494. The van der Waals surface area contributed by atoms with Gasteiger partial charge in [-0.25, -0.2) is 0 Å². The van der Waals surface area contributed by atoms with Gasteiger partial charge in [0.25, 0.3) is 0 Å². The lowest BCUT2D eigenvalue weighted by atomic mass is 9.76. The summed E-state index contributed by atoms with van der Waals surface area (Å²) in [5.74, 6) is 2.14. The van der Waals surface area contributed by atoms with Crippen molar-refractivity contribution in [1.29, 1.82) is 0 Å². The van der Waals surface area contributed by atoms with Crippen molar-refractivity contribution in [3.8, 4) is 0 Å². The first-order valence-electron chi connectivity index (χ1n) is 5.43. The third-order valence-electron chi connectivity index (χ3n) is 3.09. The van der Waals surface area contributed by atoms with E-state index < -0.39 is 0 Å². The van der Waals surface area contributed by atoms with Gasteiger partial charge in [0.15, 0.2) is 0 Å². The van der Waals surface area contributed by atoms with Crippen LogP contribution in [-0.4, -0.2) is 10.5 Å². The summed E-state index contributed by atoms with van der Waals surface area (Å²) >= 11 is 9.06. The van der Waals surface area contributed by atoms with Crippen molar-refractivity contribution in [2.45, 2.75) is 52.7 Å². The van der Waals surface area contributed by atoms with E-state index in [4.69, 9.17) is 12.6 Å². The minimum Gasteiger partial charge on any atom is -0.178 e. The van der Waals surface area contributed by atoms with E-state index in [0.29, 0.717) is 17.3 Å². The molecule has 0 aliphatic heterocycles. The third-order valence-corrected chi connectivity index (χ3v) is 4.56. The van der Waals surface area contributed by atoms with Crippen LogP contribution in [0.3, 0.4) is 0 Å². The molecule has 0 radical (unpaired) electrons. The Bertz CT molecular complexity index is 168. The monoisotopic (exact) mass is 234 g/mol.